The summed E-state index contributed by atoms with van der Waals surface area (Å²) in [6.45, 7) is 2.43. The maximum atomic E-state index is 13.5. The van der Waals surface area contributed by atoms with Gasteiger partial charge in [-0.2, -0.15) is 0 Å². The molecule has 0 aromatic heterocycles. The van der Waals surface area contributed by atoms with Crippen molar-refractivity contribution in [1.29, 1.82) is 0 Å². The van der Waals surface area contributed by atoms with E-state index in [1.807, 2.05) is 53.4 Å². The molecule has 0 atom stereocenters. The molecule has 2 N–H and O–H groups in total. The van der Waals surface area contributed by atoms with E-state index in [4.69, 9.17) is 10.5 Å². The van der Waals surface area contributed by atoms with Gasteiger partial charge in [-0.05, 0) is 41.7 Å². The van der Waals surface area contributed by atoms with Gasteiger partial charge in [-0.1, -0.05) is 48.5 Å². The first-order chi connectivity index (χ1) is 15.6. The van der Waals surface area contributed by atoms with Crippen LogP contribution in [0.5, 0.6) is 5.75 Å². The fraction of sp³-hybridized carbons (Fsp3) is 0.259. The second-order valence-corrected chi connectivity index (χ2v) is 9.00. The highest BCUT2D eigenvalue weighted by molar-refractivity contribution is 6.25. The average molecular weight is 425 g/mol. The topological polar surface area (TPSA) is 72.6 Å². The number of hydrogen-bond acceptors (Lipinski definition) is 4. The van der Waals surface area contributed by atoms with Crippen molar-refractivity contribution in [2.24, 2.45) is 5.73 Å². The lowest BCUT2D eigenvalue weighted by molar-refractivity contribution is 0.0644. The minimum atomic E-state index is -0.0675. The molecule has 1 aliphatic carbocycles. The number of likely N-dealkylation sites (tertiary alicyclic amines) is 1. The standard InChI is InChI=1S/C27H24N2O3/c28-15-17-8-9-23-22(14-17)27(16-32-23)10-12-29(13-11-27)26(31)21-7-3-6-19-18-4-1-2-5-20(18)25(30)24(19)21/h1-9,14H,10-13,15-16,28H2. The molecular formula is C27H24N2O3. The van der Waals surface area contributed by atoms with Crippen LogP contribution in [0.15, 0.2) is 60.7 Å². The highest BCUT2D eigenvalue weighted by Gasteiger charge is 2.44. The van der Waals surface area contributed by atoms with Gasteiger partial charge in [-0.25, -0.2) is 0 Å². The number of carbonyl (C=O) groups excluding carboxylic acids is 2. The molecule has 32 heavy (non-hydrogen) atoms. The zero-order chi connectivity index (χ0) is 21.9. The van der Waals surface area contributed by atoms with E-state index in [0.29, 0.717) is 42.9 Å². The maximum absolute atomic E-state index is 13.5. The van der Waals surface area contributed by atoms with Crippen LogP contribution in [0.25, 0.3) is 11.1 Å². The van der Waals surface area contributed by atoms with Crippen LogP contribution in [-0.4, -0.2) is 36.3 Å². The zero-order valence-electron chi connectivity index (χ0n) is 17.8. The molecule has 5 heteroatoms. The van der Waals surface area contributed by atoms with E-state index in [0.717, 1.165) is 35.3 Å². The molecule has 3 aromatic rings. The molecule has 160 valence electrons. The number of carbonyl (C=O) groups is 2. The average Bonchev–Trinajstić information content (AvgIpc) is 3.34. The number of hydrogen-bond donors (Lipinski definition) is 1. The smallest absolute Gasteiger partial charge is 0.254 e. The third kappa shape index (κ3) is 2.67. The Hall–Kier alpha value is -3.44. The van der Waals surface area contributed by atoms with Crippen molar-refractivity contribution in [2.75, 3.05) is 19.7 Å². The highest BCUT2D eigenvalue weighted by atomic mass is 16.5. The first kappa shape index (κ1) is 19.3. The van der Waals surface area contributed by atoms with Gasteiger partial charge in [-0.15, -0.1) is 0 Å². The normalized spacial score (nSPS) is 17.7. The fourth-order valence-corrected chi connectivity index (χ4v) is 5.51. The van der Waals surface area contributed by atoms with E-state index in [2.05, 4.69) is 6.07 Å². The van der Waals surface area contributed by atoms with Crippen molar-refractivity contribution in [3.8, 4) is 16.9 Å². The van der Waals surface area contributed by atoms with Crippen LogP contribution < -0.4 is 10.5 Å². The quantitative estimate of drug-likeness (QED) is 0.529. The first-order valence-electron chi connectivity index (χ1n) is 11.1. The van der Waals surface area contributed by atoms with E-state index in [-0.39, 0.29) is 17.1 Å². The number of ether oxygens (including phenoxy) is 1. The summed E-state index contributed by atoms with van der Waals surface area (Å²) in [5.74, 6) is 0.819. The van der Waals surface area contributed by atoms with Gasteiger partial charge in [0.1, 0.15) is 5.75 Å². The molecule has 2 heterocycles. The molecule has 0 unspecified atom stereocenters. The molecule has 1 fully saturated rings. The van der Waals surface area contributed by atoms with Crippen LogP contribution in [0.3, 0.4) is 0 Å². The van der Waals surface area contributed by atoms with Gasteiger partial charge in [0.25, 0.3) is 5.91 Å². The van der Waals surface area contributed by atoms with Gasteiger partial charge in [0, 0.05) is 41.7 Å². The number of nitrogens with zero attached hydrogens (tertiary/aromatic N) is 1. The van der Waals surface area contributed by atoms with E-state index < -0.39 is 0 Å². The van der Waals surface area contributed by atoms with Gasteiger partial charge in [0.15, 0.2) is 5.78 Å². The summed E-state index contributed by atoms with van der Waals surface area (Å²) in [4.78, 5) is 28.5. The Morgan fingerprint density at radius 3 is 2.50 bits per heavy atom. The molecule has 0 bridgehead atoms. The Balaban J connectivity index is 1.28. The van der Waals surface area contributed by atoms with Crippen molar-refractivity contribution in [3.05, 3.63) is 88.5 Å². The van der Waals surface area contributed by atoms with E-state index in [1.54, 1.807) is 6.07 Å². The molecule has 3 aliphatic rings. The predicted octanol–water partition coefficient (Wildman–Crippen LogP) is 3.92. The van der Waals surface area contributed by atoms with E-state index >= 15 is 0 Å². The lowest BCUT2D eigenvalue weighted by Crippen LogP contribution is -2.46. The SMILES string of the molecule is NCc1ccc2c(c1)C1(CCN(C(=O)c3cccc4c3C(=O)c3ccccc3-4)CC1)CO2. The summed E-state index contributed by atoms with van der Waals surface area (Å²) >= 11 is 0. The van der Waals surface area contributed by atoms with Crippen LogP contribution in [-0.2, 0) is 12.0 Å². The minimum absolute atomic E-state index is 0.0551. The number of nitrogens with two attached hydrogens (primary N) is 1. The predicted molar refractivity (Wildman–Crippen MR) is 122 cm³/mol. The molecular weight excluding hydrogens is 400 g/mol. The molecule has 3 aromatic carbocycles. The van der Waals surface area contributed by atoms with Crippen molar-refractivity contribution in [2.45, 2.75) is 24.8 Å². The Morgan fingerprint density at radius 1 is 0.969 bits per heavy atom. The van der Waals surface area contributed by atoms with Gasteiger partial charge in [-0.3, -0.25) is 9.59 Å². The third-order valence-corrected chi connectivity index (χ3v) is 7.35. The number of benzene rings is 3. The Kier molecular flexibility index (Phi) is 4.24. The third-order valence-electron chi connectivity index (χ3n) is 7.35. The molecule has 0 radical (unpaired) electrons. The van der Waals surface area contributed by atoms with E-state index in [1.165, 1.54) is 5.56 Å². The summed E-state index contributed by atoms with van der Waals surface area (Å²) in [6, 6.07) is 19.4. The largest absolute Gasteiger partial charge is 0.492 e. The lowest BCUT2D eigenvalue weighted by atomic mass is 9.74. The molecule has 1 spiro atoms. The van der Waals surface area contributed by atoms with Crippen LogP contribution in [0.2, 0.25) is 0 Å². The Labute approximate surface area is 186 Å². The van der Waals surface area contributed by atoms with Crippen LogP contribution in [0.4, 0.5) is 0 Å². The van der Waals surface area contributed by atoms with Crippen molar-refractivity contribution in [3.63, 3.8) is 0 Å². The second-order valence-electron chi connectivity index (χ2n) is 9.00. The number of piperidine rings is 1. The number of rotatable bonds is 2. The maximum Gasteiger partial charge on any atom is 0.254 e. The van der Waals surface area contributed by atoms with Crippen molar-refractivity contribution in [1.82, 2.24) is 4.90 Å². The summed E-state index contributed by atoms with van der Waals surface area (Å²) < 4.78 is 5.99. The van der Waals surface area contributed by atoms with Gasteiger partial charge < -0.3 is 15.4 Å². The molecule has 0 saturated carbocycles. The highest BCUT2D eigenvalue weighted by Crippen LogP contribution is 2.46. The lowest BCUT2D eigenvalue weighted by Gasteiger charge is -2.38. The van der Waals surface area contributed by atoms with Gasteiger partial charge in [0.2, 0.25) is 0 Å². The molecule has 1 amide bonds. The zero-order valence-corrected chi connectivity index (χ0v) is 17.8. The summed E-state index contributed by atoms with van der Waals surface area (Å²) in [5.41, 5.74) is 11.6. The van der Waals surface area contributed by atoms with Crippen LogP contribution >= 0.6 is 0 Å². The summed E-state index contributed by atoms with van der Waals surface area (Å²) in [7, 11) is 0. The fourth-order valence-electron chi connectivity index (χ4n) is 5.51. The molecule has 6 rings (SSSR count). The Bertz CT molecular complexity index is 1270. The molecule has 1 saturated heterocycles. The minimum Gasteiger partial charge on any atom is -0.492 e. The molecule has 5 nitrogen and oxygen atoms in total. The van der Waals surface area contributed by atoms with Crippen molar-refractivity contribution < 1.29 is 14.3 Å². The number of fused-ring (bicyclic) bond motifs is 5. The van der Waals surface area contributed by atoms with Crippen molar-refractivity contribution >= 4 is 11.7 Å². The monoisotopic (exact) mass is 424 g/mol. The summed E-state index contributed by atoms with van der Waals surface area (Å²) in [6.07, 6.45) is 1.67. The van der Waals surface area contributed by atoms with Crippen LogP contribution in [0.1, 0.15) is 50.2 Å². The number of ketones is 1. The molecule has 2 aliphatic heterocycles. The van der Waals surface area contributed by atoms with Crippen LogP contribution in [0, 0.1) is 0 Å². The van der Waals surface area contributed by atoms with E-state index in [9.17, 15) is 9.59 Å². The van der Waals surface area contributed by atoms with Gasteiger partial charge in [0.05, 0.1) is 12.2 Å². The first-order valence-corrected chi connectivity index (χ1v) is 11.1. The van der Waals surface area contributed by atoms with Gasteiger partial charge >= 0.3 is 0 Å². The Morgan fingerprint density at radius 2 is 1.72 bits per heavy atom. The second kappa shape index (κ2) is 7.04. The summed E-state index contributed by atoms with van der Waals surface area (Å²) in [5, 5.41) is 0. The number of amides is 1.